The van der Waals surface area contributed by atoms with Crippen LogP contribution >= 0.6 is 0 Å². The number of urea groups is 1. The first-order valence-electron chi connectivity index (χ1n) is 8.55. The Hall–Kier alpha value is -3.39. The second-order valence-corrected chi connectivity index (χ2v) is 6.18. The molecule has 3 amide bonds. The average molecular weight is 384 g/mol. The van der Waals surface area contributed by atoms with E-state index in [1.165, 1.54) is 20.3 Å². The summed E-state index contributed by atoms with van der Waals surface area (Å²) in [5, 5.41) is 10.2. The summed E-state index contributed by atoms with van der Waals surface area (Å²) in [5.74, 6) is -0.447. The predicted octanol–water partition coefficient (Wildman–Crippen LogP) is 1.67. The molecule has 1 aliphatic heterocycles. The van der Waals surface area contributed by atoms with Crippen LogP contribution in [0.2, 0.25) is 0 Å². The van der Waals surface area contributed by atoms with Gasteiger partial charge in [0.15, 0.2) is 5.78 Å². The van der Waals surface area contributed by atoms with Crippen molar-refractivity contribution in [1.82, 2.24) is 9.80 Å². The van der Waals surface area contributed by atoms with Crippen LogP contribution in [-0.4, -0.2) is 59.6 Å². The fraction of sp³-hybridized carbons (Fsp3) is 0.250. The van der Waals surface area contributed by atoms with Crippen molar-refractivity contribution < 1.29 is 29.0 Å². The maximum atomic E-state index is 12.7. The van der Waals surface area contributed by atoms with Gasteiger partial charge in [-0.1, -0.05) is 30.3 Å². The fourth-order valence-electron chi connectivity index (χ4n) is 2.96. The Labute approximate surface area is 161 Å². The molecule has 0 spiro atoms. The largest absolute Gasteiger partial charge is 0.497 e. The summed E-state index contributed by atoms with van der Waals surface area (Å²) in [6.45, 7) is -0.439. The van der Waals surface area contributed by atoms with E-state index in [1.807, 2.05) is 6.07 Å². The second-order valence-electron chi connectivity index (χ2n) is 6.18. The molecule has 2 aromatic rings. The molecule has 0 radical (unpaired) electrons. The van der Waals surface area contributed by atoms with Gasteiger partial charge in [-0.05, 0) is 17.7 Å². The number of nitrogens with zero attached hydrogens (tertiary/aromatic N) is 2. The third-order valence-corrected chi connectivity index (χ3v) is 4.47. The van der Waals surface area contributed by atoms with Gasteiger partial charge >= 0.3 is 6.03 Å². The summed E-state index contributed by atoms with van der Waals surface area (Å²) < 4.78 is 10.3. The number of carbonyl (C=O) groups excluding carboxylic acids is 3. The number of rotatable bonds is 7. The Balaban J connectivity index is 1.77. The molecule has 0 saturated carbocycles. The third kappa shape index (κ3) is 3.67. The molecule has 8 heteroatoms. The number of methoxy groups -OCH3 is 2. The van der Waals surface area contributed by atoms with Crippen LogP contribution in [0.4, 0.5) is 4.79 Å². The molecule has 0 aromatic heterocycles. The van der Waals surface area contributed by atoms with Crippen molar-refractivity contribution in [2.75, 3.05) is 20.8 Å². The lowest BCUT2D eigenvalue weighted by Crippen LogP contribution is -2.39. The number of aliphatic hydroxyl groups is 1. The average Bonchev–Trinajstić information content (AvgIpc) is 2.92. The minimum absolute atomic E-state index is 0.0200. The number of imide groups is 1. The Bertz CT molecular complexity index is 899. The fourth-order valence-corrected chi connectivity index (χ4v) is 2.96. The van der Waals surface area contributed by atoms with E-state index in [1.54, 1.807) is 36.4 Å². The summed E-state index contributed by atoms with van der Waals surface area (Å²) >= 11 is 0. The SMILES string of the molecule is COc1ccc(C(=O)CN2C(=O)N(Cc3ccccc3)C(=O)C2O)c(OC)c1. The van der Waals surface area contributed by atoms with Gasteiger partial charge in [0, 0.05) is 6.07 Å². The summed E-state index contributed by atoms with van der Waals surface area (Å²) in [6.07, 6.45) is -1.70. The van der Waals surface area contributed by atoms with Crippen molar-refractivity contribution in [2.45, 2.75) is 12.8 Å². The molecule has 1 heterocycles. The van der Waals surface area contributed by atoms with E-state index < -0.39 is 30.5 Å². The van der Waals surface area contributed by atoms with Crippen LogP contribution in [0.5, 0.6) is 11.5 Å². The van der Waals surface area contributed by atoms with E-state index in [9.17, 15) is 19.5 Å². The highest BCUT2D eigenvalue weighted by Gasteiger charge is 2.45. The predicted molar refractivity (Wildman–Crippen MR) is 99.0 cm³/mol. The van der Waals surface area contributed by atoms with E-state index in [0.717, 1.165) is 15.4 Å². The monoisotopic (exact) mass is 384 g/mol. The highest BCUT2D eigenvalue weighted by molar-refractivity contribution is 6.07. The molecule has 8 nitrogen and oxygen atoms in total. The Morgan fingerprint density at radius 2 is 1.79 bits per heavy atom. The number of aliphatic hydroxyl groups excluding tert-OH is 1. The van der Waals surface area contributed by atoms with E-state index in [4.69, 9.17) is 9.47 Å². The first kappa shape index (κ1) is 19.4. The molecule has 28 heavy (non-hydrogen) atoms. The highest BCUT2D eigenvalue weighted by Crippen LogP contribution is 2.26. The van der Waals surface area contributed by atoms with Gasteiger partial charge in [-0.2, -0.15) is 0 Å². The minimum Gasteiger partial charge on any atom is -0.497 e. The molecular formula is C20H20N2O6. The number of hydrogen-bond donors (Lipinski definition) is 1. The standard InChI is InChI=1S/C20H20N2O6/c1-27-14-8-9-15(17(10-14)28-2)16(23)12-22-19(25)18(24)21(20(22)26)11-13-6-4-3-5-7-13/h3-10,19,25H,11-12H2,1-2H3. The van der Waals surface area contributed by atoms with Crippen LogP contribution in [0.15, 0.2) is 48.5 Å². The van der Waals surface area contributed by atoms with Crippen LogP contribution in [-0.2, 0) is 11.3 Å². The number of amides is 3. The number of carbonyl (C=O) groups is 3. The van der Waals surface area contributed by atoms with Gasteiger partial charge < -0.3 is 14.6 Å². The summed E-state index contributed by atoms with van der Waals surface area (Å²) in [5.41, 5.74) is 0.957. The van der Waals surface area contributed by atoms with Gasteiger partial charge in [0.25, 0.3) is 5.91 Å². The van der Waals surface area contributed by atoms with Crippen LogP contribution in [0.3, 0.4) is 0 Å². The number of hydrogen-bond acceptors (Lipinski definition) is 6. The highest BCUT2D eigenvalue weighted by atomic mass is 16.5. The van der Waals surface area contributed by atoms with Crippen molar-refractivity contribution >= 4 is 17.7 Å². The van der Waals surface area contributed by atoms with Gasteiger partial charge in [0.2, 0.25) is 6.23 Å². The van der Waals surface area contributed by atoms with Crippen molar-refractivity contribution in [1.29, 1.82) is 0 Å². The molecule has 0 aliphatic carbocycles. The zero-order valence-corrected chi connectivity index (χ0v) is 15.5. The molecular weight excluding hydrogens is 364 g/mol. The third-order valence-electron chi connectivity index (χ3n) is 4.47. The molecule has 1 saturated heterocycles. The van der Waals surface area contributed by atoms with E-state index in [-0.39, 0.29) is 17.9 Å². The molecule has 0 bridgehead atoms. The molecule has 2 aromatic carbocycles. The van der Waals surface area contributed by atoms with Gasteiger partial charge in [-0.3, -0.25) is 19.4 Å². The summed E-state index contributed by atoms with van der Waals surface area (Å²) in [7, 11) is 2.90. The van der Waals surface area contributed by atoms with Crippen molar-refractivity contribution in [2.24, 2.45) is 0 Å². The topological polar surface area (TPSA) is 96.4 Å². The van der Waals surface area contributed by atoms with E-state index in [2.05, 4.69) is 0 Å². The van der Waals surface area contributed by atoms with Crippen LogP contribution in [0.25, 0.3) is 0 Å². The van der Waals surface area contributed by atoms with Gasteiger partial charge in [0.1, 0.15) is 11.5 Å². The molecule has 146 valence electrons. The van der Waals surface area contributed by atoms with Gasteiger partial charge in [-0.15, -0.1) is 0 Å². The quantitative estimate of drug-likeness (QED) is 0.576. The maximum Gasteiger partial charge on any atom is 0.330 e. The number of ether oxygens (including phenoxy) is 2. The number of Topliss-reactive ketones (excluding diaryl/α,β-unsaturated/α-hetero) is 1. The van der Waals surface area contributed by atoms with Crippen molar-refractivity contribution in [3.05, 3.63) is 59.7 Å². The van der Waals surface area contributed by atoms with Crippen LogP contribution in [0, 0.1) is 0 Å². The molecule has 1 fully saturated rings. The lowest BCUT2D eigenvalue weighted by Gasteiger charge is -2.18. The normalized spacial score (nSPS) is 16.5. The van der Waals surface area contributed by atoms with E-state index in [0.29, 0.717) is 5.75 Å². The summed E-state index contributed by atoms with van der Waals surface area (Å²) in [6, 6.07) is 12.8. The zero-order valence-electron chi connectivity index (χ0n) is 15.5. The molecule has 1 N–H and O–H groups in total. The summed E-state index contributed by atoms with van der Waals surface area (Å²) in [4.78, 5) is 39.4. The maximum absolute atomic E-state index is 12.7. The number of ketones is 1. The zero-order chi connectivity index (χ0) is 20.3. The Morgan fingerprint density at radius 1 is 1.07 bits per heavy atom. The van der Waals surface area contributed by atoms with Crippen LogP contribution in [0.1, 0.15) is 15.9 Å². The number of benzene rings is 2. The Morgan fingerprint density at radius 3 is 2.43 bits per heavy atom. The molecule has 1 unspecified atom stereocenters. The van der Waals surface area contributed by atoms with Crippen molar-refractivity contribution in [3.63, 3.8) is 0 Å². The molecule has 1 aliphatic rings. The van der Waals surface area contributed by atoms with Gasteiger partial charge in [-0.25, -0.2) is 4.79 Å². The minimum atomic E-state index is -1.70. The molecule has 3 rings (SSSR count). The first-order chi connectivity index (χ1) is 13.5. The van der Waals surface area contributed by atoms with E-state index >= 15 is 0 Å². The second kappa shape index (κ2) is 8.10. The van der Waals surface area contributed by atoms with Gasteiger partial charge in [0.05, 0.1) is 32.9 Å². The smallest absolute Gasteiger partial charge is 0.330 e. The van der Waals surface area contributed by atoms with Crippen LogP contribution < -0.4 is 9.47 Å². The lowest BCUT2D eigenvalue weighted by molar-refractivity contribution is -0.137. The molecule has 1 atom stereocenters. The van der Waals surface area contributed by atoms with Crippen molar-refractivity contribution in [3.8, 4) is 11.5 Å². The Kier molecular flexibility index (Phi) is 5.60. The first-order valence-corrected chi connectivity index (χ1v) is 8.55. The lowest BCUT2D eigenvalue weighted by atomic mass is 10.1.